The molecular formula is C9H18ClN3O2. The Morgan fingerprint density at radius 2 is 2.20 bits per heavy atom. The smallest absolute Gasteiger partial charge is 0.237 e. The Hall–Kier alpha value is -0.360. The Balaban J connectivity index is 0.00000112. The number of carbonyl (C=O) groups excluding carboxylic acids is 1. The molecule has 3 atom stereocenters. The summed E-state index contributed by atoms with van der Waals surface area (Å²) in [6, 6.07) is 0.00139. The summed E-state index contributed by atoms with van der Waals surface area (Å²) in [5.41, 5.74) is 0. The van der Waals surface area contributed by atoms with Crippen LogP contribution >= 0.6 is 12.4 Å². The van der Waals surface area contributed by atoms with Gasteiger partial charge in [0, 0.05) is 25.6 Å². The Morgan fingerprint density at radius 3 is 2.67 bits per heavy atom. The van der Waals surface area contributed by atoms with E-state index in [2.05, 4.69) is 16.0 Å². The maximum absolute atomic E-state index is 11.4. The van der Waals surface area contributed by atoms with E-state index >= 15 is 0 Å². The molecule has 0 spiro atoms. The lowest BCUT2D eigenvalue weighted by atomic mass is 10.0. The minimum absolute atomic E-state index is 0. The van der Waals surface area contributed by atoms with E-state index in [4.69, 9.17) is 0 Å². The van der Waals surface area contributed by atoms with Crippen molar-refractivity contribution >= 4 is 18.3 Å². The summed E-state index contributed by atoms with van der Waals surface area (Å²) < 4.78 is 0. The van der Waals surface area contributed by atoms with E-state index in [0.29, 0.717) is 13.1 Å². The van der Waals surface area contributed by atoms with Gasteiger partial charge in [0.05, 0.1) is 12.1 Å². The fraction of sp³-hybridized carbons (Fsp3) is 0.889. The van der Waals surface area contributed by atoms with Gasteiger partial charge in [0.1, 0.15) is 0 Å². The van der Waals surface area contributed by atoms with Crippen LogP contribution in [-0.4, -0.2) is 49.3 Å². The lowest BCUT2D eigenvalue weighted by molar-refractivity contribution is -0.125. The number of nitrogens with one attached hydrogen (secondary N) is 3. The highest BCUT2D eigenvalue weighted by Gasteiger charge is 2.28. The van der Waals surface area contributed by atoms with Crippen molar-refractivity contribution in [1.29, 1.82) is 0 Å². The summed E-state index contributed by atoms with van der Waals surface area (Å²) >= 11 is 0. The number of aliphatic hydroxyl groups excluding tert-OH is 1. The number of hydrogen-bond acceptors (Lipinski definition) is 4. The average molecular weight is 236 g/mol. The number of halogens is 1. The predicted molar refractivity (Wildman–Crippen MR) is 59.0 cm³/mol. The van der Waals surface area contributed by atoms with E-state index in [1.54, 1.807) is 0 Å². The fourth-order valence-corrected chi connectivity index (χ4v) is 1.79. The summed E-state index contributed by atoms with van der Waals surface area (Å²) in [6.45, 7) is 2.94. The third-order valence-corrected chi connectivity index (χ3v) is 2.98. The van der Waals surface area contributed by atoms with Gasteiger partial charge in [0.25, 0.3) is 0 Å². The van der Waals surface area contributed by atoms with Crippen LogP contribution in [-0.2, 0) is 4.79 Å². The molecule has 88 valence electrons. The van der Waals surface area contributed by atoms with Crippen LogP contribution in [0.5, 0.6) is 0 Å². The van der Waals surface area contributed by atoms with Crippen molar-refractivity contribution in [2.75, 3.05) is 26.2 Å². The van der Waals surface area contributed by atoms with Crippen LogP contribution in [0.4, 0.5) is 0 Å². The van der Waals surface area contributed by atoms with Gasteiger partial charge < -0.3 is 21.1 Å². The zero-order chi connectivity index (χ0) is 9.97. The highest BCUT2D eigenvalue weighted by molar-refractivity contribution is 5.85. The van der Waals surface area contributed by atoms with Gasteiger partial charge in [0.15, 0.2) is 0 Å². The van der Waals surface area contributed by atoms with Crippen LogP contribution in [0.15, 0.2) is 0 Å². The lowest BCUT2D eigenvalue weighted by Crippen LogP contribution is -2.54. The van der Waals surface area contributed by atoms with E-state index in [9.17, 15) is 9.90 Å². The molecule has 2 saturated heterocycles. The van der Waals surface area contributed by atoms with Gasteiger partial charge in [-0.05, 0) is 13.0 Å². The lowest BCUT2D eigenvalue weighted by Gasteiger charge is -2.27. The van der Waals surface area contributed by atoms with Crippen LogP contribution in [0, 0.1) is 5.92 Å². The van der Waals surface area contributed by atoms with Crippen molar-refractivity contribution in [2.24, 2.45) is 5.92 Å². The van der Waals surface area contributed by atoms with Gasteiger partial charge in [-0.15, -0.1) is 12.4 Å². The number of aliphatic hydroxyl groups is 1. The largest absolute Gasteiger partial charge is 0.391 e. The molecule has 0 aromatic carbocycles. The van der Waals surface area contributed by atoms with Gasteiger partial charge in [-0.25, -0.2) is 0 Å². The van der Waals surface area contributed by atoms with Crippen molar-refractivity contribution in [3.05, 3.63) is 0 Å². The van der Waals surface area contributed by atoms with Crippen LogP contribution in [0.25, 0.3) is 0 Å². The summed E-state index contributed by atoms with van der Waals surface area (Å²) in [6.07, 6.45) is 0.613. The summed E-state index contributed by atoms with van der Waals surface area (Å²) in [4.78, 5) is 11.4. The first-order chi connectivity index (χ1) is 6.77. The quantitative estimate of drug-likeness (QED) is 0.479. The normalized spacial score (nSPS) is 34.1. The molecular weight excluding hydrogens is 218 g/mol. The van der Waals surface area contributed by atoms with Crippen molar-refractivity contribution in [3.63, 3.8) is 0 Å². The Bertz CT molecular complexity index is 223. The first kappa shape index (κ1) is 12.7. The molecule has 5 nitrogen and oxygen atoms in total. The Kier molecular flexibility index (Phi) is 4.79. The minimum Gasteiger partial charge on any atom is -0.391 e. The topological polar surface area (TPSA) is 73.4 Å². The van der Waals surface area contributed by atoms with Crippen molar-refractivity contribution in [2.45, 2.75) is 18.6 Å². The molecule has 0 radical (unpaired) electrons. The fourth-order valence-electron chi connectivity index (χ4n) is 1.79. The molecule has 6 heteroatoms. The Morgan fingerprint density at radius 1 is 1.47 bits per heavy atom. The van der Waals surface area contributed by atoms with Gasteiger partial charge in [-0.3, -0.25) is 4.79 Å². The second kappa shape index (κ2) is 5.65. The molecule has 4 N–H and O–H groups in total. The average Bonchev–Trinajstić information content (AvgIpc) is 2.44. The zero-order valence-electron chi connectivity index (χ0n) is 8.53. The standard InChI is InChI=1S/C9H17N3O2.ClH/c13-8-5-10-3-6(8)4-12-9(14)7-1-2-11-7;/h6-8,10-11,13H,1-5H2,(H,12,14);1H/t6?,7-,8?;/m1./s1. The van der Waals surface area contributed by atoms with Gasteiger partial charge >= 0.3 is 0 Å². The molecule has 0 bridgehead atoms. The van der Waals surface area contributed by atoms with Gasteiger partial charge in [-0.1, -0.05) is 0 Å². The molecule has 1 amide bonds. The molecule has 0 aromatic heterocycles. The van der Waals surface area contributed by atoms with Crippen molar-refractivity contribution in [1.82, 2.24) is 16.0 Å². The van der Waals surface area contributed by atoms with Crippen molar-refractivity contribution < 1.29 is 9.90 Å². The zero-order valence-corrected chi connectivity index (χ0v) is 9.35. The molecule has 0 aromatic rings. The predicted octanol–water partition coefficient (Wildman–Crippen LogP) is -1.53. The molecule has 0 aliphatic carbocycles. The molecule has 2 rings (SSSR count). The summed E-state index contributed by atoms with van der Waals surface area (Å²) in [5.74, 6) is 0.231. The number of hydrogen-bond donors (Lipinski definition) is 4. The molecule has 2 aliphatic rings. The second-order valence-electron chi connectivity index (χ2n) is 4.03. The SMILES string of the molecule is Cl.O=C(NCC1CNCC1O)[C@H]1CCN1. The number of β-amino-alcohol motifs (C(OH)–C–C–N with tert-alkyl or cyclic N) is 1. The monoisotopic (exact) mass is 235 g/mol. The van der Waals surface area contributed by atoms with E-state index in [0.717, 1.165) is 19.5 Å². The first-order valence-electron chi connectivity index (χ1n) is 5.17. The summed E-state index contributed by atoms with van der Waals surface area (Å²) in [7, 11) is 0. The second-order valence-corrected chi connectivity index (χ2v) is 4.03. The molecule has 2 unspecified atom stereocenters. The molecule has 2 heterocycles. The maximum Gasteiger partial charge on any atom is 0.237 e. The first-order valence-corrected chi connectivity index (χ1v) is 5.17. The summed E-state index contributed by atoms with van der Waals surface area (Å²) in [5, 5.41) is 18.5. The minimum atomic E-state index is -0.315. The highest BCUT2D eigenvalue weighted by atomic mass is 35.5. The third kappa shape index (κ3) is 3.04. The van der Waals surface area contributed by atoms with E-state index in [1.807, 2.05) is 0 Å². The van der Waals surface area contributed by atoms with Crippen LogP contribution in [0.2, 0.25) is 0 Å². The van der Waals surface area contributed by atoms with Gasteiger partial charge in [-0.2, -0.15) is 0 Å². The van der Waals surface area contributed by atoms with E-state index in [1.165, 1.54) is 0 Å². The van der Waals surface area contributed by atoms with Crippen LogP contribution in [0.3, 0.4) is 0 Å². The molecule has 15 heavy (non-hydrogen) atoms. The molecule has 0 saturated carbocycles. The molecule has 2 fully saturated rings. The number of amides is 1. The van der Waals surface area contributed by atoms with Crippen LogP contribution in [0.1, 0.15) is 6.42 Å². The van der Waals surface area contributed by atoms with Gasteiger partial charge in [0.2, 0.25) is 5.91 Å². The van der Waals surface area contributed by atoms with E-state index in [-0.39, 0.29) is 36.4 Å². The highest BCUT2D eigenvalue weighted by Crippen LogP contribution is 2.08. The van der Waals surface area contributed by atoms with Crippen molar-refractivity contribution in [3.8, 4) is 0 Å². The van der Waals surface area contributed by atoms with Crippen LogP contribution < -0.4 is 16.0 Å². The number of rotatable bonds is 3. The third-order valence-electron chi connectivity index (χ3n) is 2.98. The maximum atomic E-state index is 11.4. The Labute approximate surface area is 95.4 Å². The number of carbonyl (C=O) groups is 1. The molecule has 2 aliphatic heterocycles. The van der Waals surface area contributed by atoms with E-state index < -0.39 is 0 Å².